The van der Waals surface area contributed by atoms with E-state index in [2.05, 4.69) is 44.5 Å². The van der Waals surface area contributed by atoms with E-state index in [1.54, 1.807) is 0 Å². The zero-order valence-corrected chi connectivity index (χ0v) is 13.3. The normalized spacial score (nSPS) is 12.3. The van der Waals surface area contributed by atoms with Gasteiger partial charge in [0, 0.05) is 10.2 Å². The topological polar surface area (TPSA) is 43.8 Å². The number of imidazole rings is 1. The molecule has 21 heavy (non-hydrogen) atoms. The molecule has 0 saturated heterocycles. The number of nitrogens with two attached hydrogens (primary N) is 1. The first-order chi connectivity index (χ1) is 10.2. The first-order valence-corrected chi connectivity index (χ1v) is 7.55. The van der Waals surface area contributed by atoms with Gasteiger partial charge in [-0.3, -0.25) is 0 Å². The van der Waals surface area contributed by atoms with Crippen LogP contribution in [-0.2, 0) is 0 Å². The highest BCUT2D eigenvalue weighted by Crippen LogP contribution is 2.25. The number of aromatic nitrogens is 2. The van der Waals surface area contributed by atoms with Crippen LogP contribution >= 0.6 is 15.9 Å². The van der Waals surface area contributed by atoms with Gasteiger partial charge < -0.3 is 10.3 Å². The second-order valence-corrected chi connectivity index (χ2v) is 5.92. The molecule has 0 spiro atoms. The molecule has 0 radical (unpaired) electrons. The second kappa shape index (κ2) is 5.84. The molecule has 0 amide bonds. The smallest absolute Gasteiger partial charge is 0.0994 e. The van der Waals surface area contributed by atoms with Crippen LogP contribution in [0.4, 0.5) is 0 Å². The Morgan fingerprint density at radius 2 is 1.90 bits per heavy atom. The molecule has 2 aromatic carbocycles. The Morgan fingerprint density at radius 1 is 1.14 bits per heavy atom. The molecule has 0 saturated carbocycles. The minimum atomic E-state index is -0.197. The Kier molecular flexibility index (Phi) is 3.90. The van der Waals surface area contributed by atoms with E-state index in [9.17, 15) is 0 Å². The molecular formula is C17H16BrN3. The molecule has 0 bridgehead atoms. The quantitative estimate of drug-likeness (QED) is 0.782. The minimum Gasteiger partial charge on any atom is -0.319 e. The van der Waals surface area contributed by atoms with Crippen molar-refractivity contribution in [2.45, 2.75) is 13.0 Å². The Morgan fingerprint density at radius 3 is 2.62 bits per heavy atom. The number of rotatable bonds is 3. The maximum atomic E-state index is 6.41. The van der Waals surface area contributed by atoms with Crippen molar-refractivity contribution >= 4 is 15.9 Å². The second-order valence-electron chi connectivity index (χ2n) is 5.01. The number of aryl methyl sites for hydroxylation is 1. The zero-order valence-electron chi connectivity index (χ0n) is 11.7. The standard InChI is InChI=1S/C17H16BrN3/c1-12-9-14(18)7-8-15(12)21-11-20-10-16(21)17(19)13-5-3-2-4-6-13/h2-11,17H,19H2,1H3. The van der Waals surface area contributed by atoms with Crippen molar-refractivity contribution in [3.8, 4) is 5.69 Å². The number of halogens is 1. The molecule has 0 aliphatic heterocycles. The van der Waals surface area contributed by atoms with E-state index < -0.39 is 0 Å². The first-order valence-electron chi connectivity index (χ1n) is 6.76. The summed E-state index contributed by atoms with van der Waals surface area (Å²) in [7, 11) is 0. The van der Waals surface area contributed by atoms with Crippen LogP contribution in [0, 0.1) is 6.92 Å². The molecule has 1 unspecified atom stereocenters. The Hall–Kier alpha value is -1.91. The molecule has 1 aromatic heterocycles. The van der Waals surface area contributed by atoms with Gasteiger partial charge in [0.25, 0.3) is 0 Å². The summed E-state index contributed by atoms with van der Waals surface area (Å²) in [5.74, 6) is 0. The van der Waals surface area contributed by atoms with Crippen LogP contribution in [0.2, 0.25) is 0 Å². The van der Waals surface area contributed by atoms with Crippen molar-refractivity contribution in [3.05, 3.63) is 82.3 Å². The lowest BCUT2D eigenvalue weighted by Gasteiger charge is -2.16. The molecule has 4 heteroatoms. The fourth-order valence-corrected chi connectivity index (χ4v) is 2.93. The average molecular weight is 342 g/mol. The molecule has 1 atom stereocenters. The predicted molar refractivity (Wildman–Crippen MR) is 88.5 cm³/mol. The lowest BCUT2D eigenvalue weighted by Crippen LogP contribution is -2.16. The summed E-state index contributed by atoms with van der Waals surface area (Å²) in [6, 6.07) is 16.1. The maximum absolute atomic E-state index is 6.41. The summed E-state index contributed by atoms with van der Waals surface area (Å²) in [6.07, 6.45) is 3.65. The highest BCUT2D eigenvalue weighted by atomic mass is 79.9. The van der Waals surface area contributed by atoms with Crippen molar-refractivity contribution in [3.63, 3.8) is 0 Å². The minimum absolute atomic E-state index is 0.197. The molecule has 106 valence electrons. The van der Waals surface area contributed by atoms with E-state index in [1.165, 1.54) is 5.56 Å². The first kappa shape index (κ1) is 14.0. The molecule has 0 fully saturated rings. The number of hydrogen-bond donors (Lipinski definition) is 1. The van der Waals surface area contributed by atoms with Gasteiger partial charge in [-0.1, -0.05) is 46.3 Å². The van der Waals surface area contributed by atoms with Crippen molar-refractivity contribution in [1.82, 2.24) is 9.55 Å². The molecule has 0 aliphatic rings. The Balaban J connectivity index is 2.05. The van der Waals surface area contributed by atoms with Gasteiger partial charge in [-0.15, -0.1) is 0 Å². The van der Waals surface area contributed by atoms with Crippen molar-refractivity contribution in [1.29, 1.82) is 0 Å². The summed E-state index contributed by atoms with van der Waals surface area (Å²) in [5.41, 5.74) is 10.7. The molecule has 3 rings (SSSR count). The van der Waals surface area contributed by atoms with Crippen molar-refractivity contribution in [2.75, 3.05) is 0 Å². The lowest BCUT2D eigenvalue weighted by atomic mass is 10.0. The van der Waals surface area contributed by atoms with Gasteiger partial charge in [-0.25, -0.2) is 4.98 Å². The molecule has 0 aliphatic carbocycles. The van der Waals surface area contributed by atoms with E-state index in [4.69, 9.17) is 5.73 Å². The molecule has 1 heterocycles. The summed E-state index contributed by atoms with van der Waals surface area (Å²) >= 11 is 3.49. The van der Waals surface area contributed by atoms with Crippen LogP contribution in [-0.4, -0.2) is 9.55 Å². The average Bonchev–Trinajstić information content (AvgIpc) is 2.96. The van der Waals surface area contributed by atoms with Crippen LogP contribution < -0.4 is 5.73 Å². The molecular weight excluding hydrogens is 326 g/mol. The summed E-state index contributed by atoms with van der Waals surface area (Å²) < 4.78 is 3.12. The fraction of sp³-hybridized carbons (Fsp3) is 0.118. The predicted octanol–water partition coefficient (Wildman–Crippen LogP) is 3.99. The van der Waals surface area contributed by atoms with E-state index in [1.807, 2.05) is 48.9 Å². The van der Waals surface area contributed by atoms with Gasteiger partial charge in [-0.05, 0) is 36.2 Å². The van der Waals surface area contributed by atoms with Gasteiger partial charge in [0.2, 0.25) is 0 Å². The zero-order chi connectivity index (χ0) is 14.8. The number of hydrogen-bond acceptors (Lipinski definition) is 2. The third-order valence-corrected chi connectivity index (χ3v) is 4.06. The van der Waals surface area contributed by atoms with E-state index in [0.717, 1.165) is 21.4 Å². The van der Waals surface area contributed by atoms with Crippen molar-refractivity contribution < 1.29 is 0 Å². The van der Waals surface area contributed by atoms with Gasteiger partial charge in [-0.2, -0.15) is 0 Å². The van der Waals surface area contributed by atoms with Gasteiger partial charge in [0.15, 0.2) is 0 Å². The van der Waals surface area contributed by atoms with Gasteiger partial charge in [0.1, 0.15) is 0 Å². The molecule has 3 aromatic rings. The van der Waals surface area contributed by atoms with E-state index >= 15 is 0 Å². The number of nitrogens with zero attached hydrogens (tertiary/aromatic N) is 2. The Bertz CT molecular complexity index is 750. The maximum Gasteiger partial charge on any atom is 0.0994 e. The molecule has 3 nitrogen and oxygen atoms in total. The number of benzene rings is 2. The van der Waals surface area contributed by atoms with Gasteiger partial charge >= 0.3 is 0 Å². The molecule has 2 N–H and O–H groups in total. The fourth-order valence-electron chi connectivity index (χ4n) is 2.46. The Labute approximate surface area is 132 Å². The summed E-state index contributed by atoms with van der Waals surface area (Å²) in [4.78, 5) is 4.28. The SMILES string of the molecule is Cc1cc(Br)ccc1-n1cncc1C(N)c1ccccc1. The van der Waals surface area contributed by atoms with Crippen LogP contribution in [0.25, 0.3) is 5.69 Å². The highest BCUT2D eigenvalue weighted by molar-refractivity contribution is 9.10. The summed E-state index contributed by atoms with van der Waals surface area (Å²) in [6.45, 7) is 2.08. The monoisotopic (exact) mass is 341 g/mol. The van der Waals surface area contributed by atoms with Crippen LogP contribution in [0.3, 0.4) is 0 Å². The third kappa shape index (κ3) is 2.77. The largest absolute Gasteiger partial charge is 0.319 e. The lowest BCUT2D eigenvalue weighted by molar-refractivity contribution is 0.791. The van der Waals surface area contributed by atoms with E-state index in [0.29, 0.717) is 0 Å². The van der Waals surface area contributed by atoms with Crippen LogP contribution in [0.5, 0.6) is 0 Å². The van der Waals surface area contributed by atoms with Crippen LogP contribution in [0.15, 0.2) is 65.5 Å². The van der Waals surface area contributed by atoms with Crippen LogP contribution in [0.1, 0.15) is 22.9 Å². The summed E-state index contributed by atoms with van der Waals surface area (Å²) in [5, 5.41) is 0. The van der Waals surface area contributed by atoms with E-state index in [-0.39, 0.29) is 6.04 Å². The van der Waals surface area contributed by atoms with Crippen molar-refractivity contribution in [2.24, 2.45) is 5.73 Å². The highest BCUT2D eigenvalue weighted by Gasteiger charge is 2.15. The third-order valence-electron chi connectivity index (χ3n) is 3.56. The van der Waals surface area contributed by atoms with Gasteiger partial charge in [0.05, 0.1) is 24.3 Å².